The SMILES string of the molecule is Cc1cc(C)c(N)c(/C=N/O)c1. The summed E-state index contributed by atoms with van der Waals surface area (Å²) in [5, 5.41) is 11.3. The fourth-order valence-electron chi connectivity index (χ4n) is 1.18. The van der Waals surface area contributed by atoms with Gasteiger partial charge in [0.05, 0.1) is 6.21 Å². The highest BCUT2D eigenvalue weighted by Crippen LogP contribution is 2.17. The fraction of sp³-hybridized carbons (Fsp3) is 0.222. The van der Waals surface area contributed by atoms with Gasteiger partial charge in [-0.3, -0.25) is 0 Å². The molecule has 0 bridgehead atoms. The Morgan fingerprint density at radius 2 is 2.08 bits per heavy atom. The maximum atomic E-state index is 8.34. The Balaban J connectivity index is 3.27. The van der Waals surface area contributed by atoms with E-state index < -0.39 is 0 Å². The van der Waals surface area contributed by atoms with Crippen molar-refractivity contribution >= 4 is 11.9 Å². The highest BCUT2D eigenvalue weighted by atomic mass is 16.4. The summed E-state index contributed by atoms with van der Waals surface area (Å²) in [6, 6.07) is 3.87. The molecule has 64 valence electrons. The van der Waals surface area contributed by atoms with Crippen LogP contribution in [0, 0.1) is 13.8 Å². The zero-order valence-corrected chi connectivity index (χ0v) is 7.20. The first-order valence-corrected chi connectivity index (χ1v) is 3.69. The average Bonchev–Trinajstić information content (AvgIpc) is 2.00. The molecule has 0 unspecified atom stereocenters. The maximum Gasteiger partial charge on any atom is 0.0754 e. The Bertz CT molecular complexity index is 319. The summed E-state index contributed by atoms with van der Waals surface area (Å²) in [5.41, 5.74) is 9.27. The van der Waals surface area contributed by atoms with Crippen LogP contribution in [0.5, 0.6) is 0 Å². The number of nitrogens with zero attached hydrogens (tertiary/aromatic N) is 1. The molecule has 0 heterocycles. The largest absolute Gasteiger partial charge is 0.411 e. The van der Waals surface area contributed by atoms with Gasteiger partial charge in [-0.25, -0.2) is 0 Å². The summed E-state index contributed by atoms with van der Waals surface area (Å²) in [4.78, 5) is 0. The zero-order valence-electron chi connectivity index (χ0n) is 7.20. The molecule has 0 saturated carbocycles. The van der Waals surface area contributed by atoms with Crippen LogP contribution in [0.2, 0.25) is 0 Å². The molecule has 0 amide bonds. The Labute approximate surface area is 71.5 Å². The van der Waals surface area contributed by atoms with Crippen molar-refractivity contribution < 1.29 is 5.21 Å². The lowest BCUT2D eigenvalue weighted by molar-refractivity contribution is 0.322. The van der Waals surface area contributed by atoms with E-state index in [1.54, 1.807) is 0 Å². The van der Waals surface area contributed by atoms with Gasteiger partial charge in [0.25, 0.3) is 0 Å². The van der Waals surface area contributed by atoms with Crippen LogP contribution in [0.25, 0.3) is 0 Å². The minimum absolute atomic E-state index is 0.665. The van der Waals surface area contributed by atoms with E-state index in [-0.39, 0.29) is 0 Å². The Kier molecular flexibility index (Phi) is 2.33. The van der Waals surface area contributed by atoms with Crippen LogP contribution in [0.4, 0.5) is 5.69 Å². The second-order valence-corrected chi connectivity index (χ2v) is 2.83. The molecule has 1 aromatic carbocycles. The highest BCUT2D eigenvalue weighted by molar-refractivity contribution is 5.87. The molecule has 3 heteroatoms. The van der Waals surface area contributed by atoms with Crippen LogP contribution in [0.1, 0.15) is 16.7 Å². The topological polar surface area (TPSA) is 58.6 Å². The summed E-state index contributed by atoms with van der Waals surface area (Å²) in [6.07, 6.45) is 1.34. The summed E-state index contributed by atoms with van der Waals surface area (Å²) in [5.74, 6) is 0. The van der Waals surface area contributed by atoms with E-state index in [0.717, 1.165) is 16.7 Å². The molecule has 0 aliphatic heterocycles. The third kappa shape index (κ3) is 1.56. The van der Waals surface area contributed by atoms with Gasteiger partial charge >= 0.3 is 0 Å². The first kappa shape index (κ1) is 8.59. The molecule has 0 radical (unpaired) electrons. The Hall–Kier alpha value is -1.51. The van der Waals surface area contributed by atoms with Gasteiger partial charge in [0.1, 0.15) is 0 Å². The minimum atomic E-state index is 0.665. The lowest BCUT2D eigenvalue weighted by Crippen LogP contribution is -1.97. The van der Waals surface area contributed by atoms with Gasteiger partial charge in [-0.05, 0) is 25.5 Å². The molecule has 0 aromatic heterocycles. The molecule has 0 fully saturated rings. The van der Waals surface area contributed by atoms with Gasteiger partial charge in [-0.1, -0.05) is 16.8 Å². The van der Waals surface area contributed by atoms with Crippen molar-refractivity contribution in [3.8, 4) is 0 Å². The zero-order chi connectivity index (χ0) is 9.14. The fourth-order valence-corrected chi connectivity index (χ4v) is 1.18. The average molecular weight is 164 g/mol. The van der Waals surface area contributed by atoms with Crippen LogP contribution >= 0.6 is 0 Å². The van der Waals surface area contributed by atoms with E-state index in [2.05, 4.69) is 5.16 Å². The standard InChI is InChI=1S/C9H12N2O/c1-6-3-7(2)9(10)8(4-6)5-11-12/h3-5,12H,10H2,1-2H3/b11-5+. The normalized spacial score (nSPS) is 10.8. The van der Waals surface area contributed by atoms with Crippen molar-refractivity contribution in [3.63, 3.8) is 0 Å². The summed E-state index contributed by atoms with van der Waals surface area (Å²) in [6.45, 7) is 3.90. The third-order valence-electron chi connectivity index (χ3n) is 1.76. The molecule has 1 rings (SSSR count). The second-order valence-electron chi connectivity index (χ2n) is 2.83. The number of hydrogen-bond donors (Lipinski definition) is 2. The number of rotatable bonds is 1. The highest BCUT2D eigenvalue weighted by Gasteiger charge is 2.00. The summed E-state index contributed by atoms with van der Waals surface area (Å²) < 4.78 is 0. The molecule has 12 heavy (non-hydrogen) atoms. The monoisotopic (exact) mass is 164 g/mol. The smallest absolute Gasteiger partial charge is 0.0754 e. The quantitative estimate of drug-likeness (QED) is 0.287. The number of benzene rings is 1. The lowest BCUT2D eigenvalue weighted by atomic mass is 10.1. The number of anilines is 1. The number of oxime groups is 1. The number of hydrogen-bond acceptors (Lipinski definition) is 3. The van der Waals surface area contributed by atoms with Gasteiger partial charge in [-0.2, -0.15) is 0 Å². The van der Waals surface area contributed by atoms with Crippen molar-refractivity contribution in [2.75, 3.05) is 5.73 Å². The molecule has 0 saturated heterocycles. The Morgan fingerprint density at radius 1 is 1.42 bits per heavy atom. The van der Waals surface area contributed by atoms with Gasteiger partial charge in [0, 0.05) is 11.3 Å². The molecule has 0 spiro atoms. The van der Waals surface area contributed by atoms with Crippen LogP contribution in [-0.2, 0) is 0 Å². The molecule has 0 aliphatic carbocycles. The first-order chi connectivity index (χ1) is 5.65. The maximum absolute atomic E-state index is 8.34. The molecule has 3 nitrogen and oxygen atoms in total. The van der Waals surface area contributed by atoms with Crippen molar-refractivity contribution in [1.82, 2.24) is 0 Å². The second kappa shape index (κ2) is 3.26. The van der Waals surface area contributed by atoms with E-state index in [0.29, 0.717) is 5.69 Å². The van der Waals surface area contributed by atoms with Crippen molar-refractivity contribution in [3.05, 3.63) is 28.8 Å². The van der Waals surface area contributed by atoms with Crippen molar-refractivity contribution in [2.24, 2.45) is 5.16 Å². The van der Waals surface area contributed by atoms with E-state index in [4.69, 9.17) is 10.9 Å². The molecule has 0 aliphatic rings. The van der Waals surface area contributed by atoms with E-state index in [1.165, 1.54) is 6.21 Å². The predicted octanol–water partition coefficient (Wildman–Crippen LogP) is 1.69. The van der Waals surface area contributed by atoms with E-state index in [1.807, 2.05) is 26.0 Å². The van der Waals surface area contributed by atoms with E-state index >= 15 is 0 Å². The van der Waals surface area contributed by atoms with Crippen LogP contribution in [-0.4, -0.2) is 11.4 Å². The Morgan fingerprint density at radius 3 is 2.67 bits per heavy atom. The number of nitrogens with two attached hydrogens (primary N) is 1. The molecule has 3 N–H and O–H groups in total. The first-order valence-electron chi connectivity index (χ1n) is 3.69. The van der Waals surface area contributed by atoms with Gasteiger partial charge in [-0.15, -0.1) is 0 Å². The number of aryl methyl sites for hydroxylation is 2. The van der Waals surface area contributed by atoms with Gasteiger partial charge in [0.15, 0.2) is 0 Å². The van der Waals surface area contributed by atoms with Gasteiger partial charge in [0.2, 0.25) is 0 Å². The van der Waals surface area contributed by atoms with Crippen molar-refractivity contribution in [2.45, 2.75) is 13.8 Å². The van der Waals surface area contributed by atoms with E-state index in [9.17, 15) is 0 Å². The molecular weight excluding hydrogens is 152 g/mol. The van der Waals surface area contributed by atoms with Crippen LogP contribution < -0.4 is 5.73 Å². The molecule has 1 aromatic rings. The summed E-state index contributed by atoms with van der Waals surface area (Å²) in [7, 11) is 0. The molecule has 0 atom stereocenters. The van der Waals surface area contributed by atoms with Crippen LogP contribution in [0.3, 0.4) is 0 Å². The van der Waals surface area contributed by atoms with Gasteiger partial charge < -0.3 is 10.9 Å². The minimum Gasteiger partial charge on any atom is -0.411 e. The summed E-state index contributed by atoms with van der Waals surface area (Å²) >= 11 is 0. The van der Waals surface area contributed by atoms with Crippen LogP contribution in [0.15, 0.2) is 17.3 Å². The lowest BCUT2D eigenvalue weighted by Gasteiger charge is -2.04. The molecular formula is C9H12N2O. The third-order valence-corrected chi connectivity index (χ3v) is 1.76. The predicted molar refractivity (Wildman–Crippen MR) is 49.7 cm³/mol. The van der Waals surface area contributed by atoms with Crippen molar-refractivity contribution in [1.29, 1.82) is 0 Å². The number of nitrogen functional groups attached to an aromatic ring is 1.